The van der Waals surface area contributed by atoms with Crippen molar-refractivity contribution >= 4 is 11.8 Å². The molecule has 2 amide bonds. The van der Waals surface area contributed by atoms with Gasteiger partial charge in [0.15, 0.2) is 0 Å². The lowest BCUT2D eigenvalue weighted by Crippen LogP contribution is -2.38. The normalized spacial score (nSPS) is 19.2. The molecule has 1 aromatic carbocycles. The highest BCUT2D eigenvalue weighted by Gasteiger charge is 2.30. The molecule has 0 bridgehead atoms. The van der Waals surface area contributed by atoms with E-state index in [1.165, 1.54) is 0 Å². The lowest BCUT2D eigenvalue weighted by atomic mass is 10.1. The predicted octanol–water partition coefficient (Wildman–Crippen LogP) is -0.134. The number of amides is 2. The van der Waals surface area contributed by atoms with Gasteiger partial charge in [-0.05, 0) is 24.6 Å². The summed E-state index contributed by atoms with van der Waals surface area (Å²) >= 11 is 0. The highest BCUT2D eigenvalue weighted by Crippen LogP contribution is 2.19. The number of ether oxygens (including phenoxy) is 1. The Morgan fingerprint density at radius 1 is 1.42 bits per heavy atom. The van der Waals surface area contributed by atoms with E-state index in [4.69, 9.17) is 4.74 Å². The fourth-order valence-corrected chi connectivity index (χ4v) is 2.90. The third-order valence-corrected chi connectivity index (χ3v) is 4.36. The van der Waals surface area contributed by atoms with Crippen LogP contribution in [0.2, 0.25) is 0 Å². The highest BCUT2D eigenvalue weighted by molar-refractivity contribution is 5.94. The van der Waals surface area contributed by atoms with Crippen LogP contribution in [0.3, 0.4) is 0 Å². The summed E-state index contributed by atoms with van der Waals surface area (Å²) in [5.41, 5.74) is 1.18. The van der Waals surface area contributed by atoms with Crippen molar-refractivity contribution in [3.05, 3.63) is 41.7 Å². The molecule has 1 saturated heterocycles. The minimum atomic E-state index is -0.217. The van der Waals surface area contributed by atoms with Gasteiger partial charge in [0.1, 0.15) is 11.4 Å². The second-order valence-corrected chi connectivity index (χ2v) is 6.07. The Labute approximate surface area is 151 Å². The van der Waals surface area contributed by atoms with Crippen molar-refractivity contribution in [2.75, 3.05) is 20.7 Å². The van der Waals surface area contributed by atoms with Crippen LogP contribution in [0.4, 0.5) is 0 Å². The van der Waals surface area contributed by atoms with Gasteiger partial charge < -0.3 is 20.7 Å². The fraction of sp³-hybridized carbons (Fsp3) is 0.412. The smallest absolute Gasteiger partial charge is 0.251 e. The standard InChI is InChI=1S/C17H22N6O3/c1-18-17(25)15-7-13(9-19-15)23-10-12(21-22-23)8-20-16(24)11-4-3-5-14(6-11)26-2/h3-6,10,13,15,19H,7-9H2,1-2H3,(H,18,25)(H,20,24)/t13-,15-/m0/s1. The van der Waals surface area contributed by atoms with Gasteiger partial charge in [0.2, 0.25) is 5.91 Å². The minimum Gasteiger partial charge on any atom is -0.497 e. The average molecular weight is 358 g/mol. The van der Waals surface area contributed by atoms with Gasteiger partial charge >= 0.3 is 0 Å². The van der Waals surface area contributed by atoms with Gasteiger partial charge in [0.05, 0.1) is 31.9 Å². The highest BCUT2D eigenvalue weighted by atomic mass is 16.5. The molecule has 1 aliphatic rings. The lowest BCUT2D eigenvalue weighted by molar-refractivity contribution is -0.122. The maximum Gasteiger partial charge on any atom is 0.251 e. The van der Waals surface area contributed by atoms with Crippen molar-refractivity contribution in [1.82, 2.24) is 30.9 Å². The van der Waals surface area contributed by atoms with E-state index < -0.39 is 0 Å². The molecule has 2 heterocycles. The average Bonchev–Trinajstić information content (AvgIpc) is 3.34. The SMILES string of the molecule is CNC(=O)[C@@H]1C[C@H](n2cc(CNC(=O)c3cccc(OC)c3)nn2)CN1. The van der Waals surface area contributed by atoms with Gasteiger partial charge in [-0.1, -0.05) is 11.3 Å². The maximum atomic E-state index is 12.2. The van der Waals surface area contributed by atoms with Crippen molar-refractivity contribution < 1.29 is 14.3 Å². The first kappa shape index (κ1) is 17.9. The Bertz CT molecular complexity index is 790. The van der Waals surface area contributed by atoms with Crippen molar-refractivity contribution in [1.29, 1.82) is 0 Å². The molecule has 0 radical (unpaired) electrons. The Morgan fingerprint density at radius 2 is 2.27 bits per heavy atom. The van der Waals surface area contributed by atoms with Crippen LogP contribution in [-0.2, 0) is 11.3 Å². The van der Waals surface area contributed by atoms with Gasteiger partial charge in [-0.2, -0.15) is 0 Å². The largest absolute Gasteiger partial charge is 0.497 e. The number of nitrogens with zero attached hydrogens (tertiary/aromatic N) is 3. The zero-order valence-corrected chi connectivity index (χ0v) is 14.7. The summed E-state index contributed by atoms with van der Waals surface area (Å²) < 4.78 is 6.86. The number of methoxy groups -OCH3 is 1. The molecule has 0 saturated carbocycles. The molecule has 138 valence electrons. The number of carbonyl (C=O) groups is 2. The molecule has 1 fully saturated rings. The predicted molar refractivity (Wildman–Crippen MR) is 93.7 cm³/mol. The summed E-state index contributed by atoms with van der Waals surface area (Å²) in [5, 5.41) is 16.8. The van der Waals surface area contributed by atoms with Crippen molar-refractivity contribution in [3.63, 3.8) is 0 Å². The van der Waals surface area contributed by atoms with Crippen molar-refractivity contribution in [3.8, 4) is 5.75 Å². The molecule has 2 aromatic rings. The van der Waals surface area contributed by atoms with Crippen LogP contribution in [0.1, 0.15) is 28.5 Å². The Hall–Kier alpha value is -2.94. The minimum absolute atomic E-state index is 0.0293. The molecule has 1 aromatic heterocycles. The Balaban J connectivity index is 1.55. The number of hydrogen-bond donors (Lipinski definition) is 3. The first-order chi connectivity index (χ1) is 12.6. The van der Waals surface area contributed by atoms with E-state index in [-0.39, 0.29) is 30.4 Å². The lowest BCUT2D eigenvalue weighted by Gasteiger charge is -2.09. The van der Waals surface area contributed by atoms with Gasteiger partial charge in [-0.15, -0.1) is 5.10 Å². The third-order valence-electron chi connectivity index (χ3n) is 4.36. The molecule has 2 atom stereocenters. The number of benzene rings is 1. The molecular formula is C17H22N6O3. The summed E-state index contributed by atoms with van der Waals surface area (Å²) in [6.07, 6.45) is 2.45. The number of likely N-dealkylation sites (N-methyl/N-ethyl adjacent to an activating group) is 1. The van der Waals surface area contributed by atoms with E-state index in [0.717, 1.165) is 0 Å². The molecule has 3 rings (SSSR count). The zero-order valence-electron chi connectivity index (χ0n) is 14.7. The number of aromatic nitrogens is 3. The van der Waals surface area contributed by atoms with E-state index in [9.17, 15) is 9.59 Å². The van der Waals surface area contributed by atoms with Crippen LogP contribution in [-0.4, -0.2) is 53.6 Å². The molecule has 0 unspecified atom stereocenters. The van der Waals surface area contributed by atoms with Crippen LogP contribution >= 0.6 is 0 Å². The molecule has 9 heteroatoms. The quantitative estimate of drug-likeness (QED) is 0.663. The molecule has 0 spiro atoms. The van der Waals surface area contributed by atoms with E-state index in [0.29, 0.717) is 30.0 Å². The summed E-state index contributed by atoms with van der Waals surface area (Å²) in [7, 11) is 3.18. The van der Waals surface area contributed by atoms with Gasteiger partial charge in [0, 0.05) is 19.2 Å². The number of rotatable bonds is 6. The van der Waals surface area contributed by atoms with E-state index >= 15 is 0 Å². The second-order valence-electron chi connectivity index (χ2n) is 6.07. The molecule has 1 aliphatic heterocycles. The van der Waals surface area contributed by atoms with Gasteiger partial charge in [-0.25, -0.2) is 4.68 Å². The van der Waals surface area contributed by atoms with Gasteiger partial charge in [0.25, 0.3) is 5.91 Å². The topological polar surface area (TPSA) is 110 Å². The van der Waals surface area contributed by atoms with Crippen LogP contribution in [0.25, 0.3) is 0 Å². The molecule has 0 aliphatic carbocycles. The summed E-state index contributed by atoms with van der Waals surface area (Å²) in [5.74, 6) is 0.391. The van der Waals surface area contributed by atoms with Crippen LogP contribution < -0.4 is 20.7 Å². The molecule has 26 heavy (non-hydrogen) atoms. The van der Waals surface area contributed by atoms with Crippen LogP contribution in [0, 0.1) is 0 Å². The van der Waals surface area contributed by atoms with Crippen LogP contribution in [0.5, 0.6) is 5.75 Å². The first-order valence-electron chi connectivity index (χ1n) is 8.38. The maximum absolute atomic E-state index is 12.2. The summed E-state index contributed by atoms with van der Waals surface area (Å²) in [6.45, 7) is 0.923. The second kappa shape index (κ2) is 7.96. The number of carbonyl (C=O) groups excluding carboxylic acids is 2. The van der Waals surface area contributed by atoms with Crippen LogP contribution in [0.15, 0.2) is 30.5 Å². The molecular weight excluding hydrogens is 336 g/mol. The summed E-state index contributed by atoms with van der Waals surface area (Å²) in [4.78, 5) is 23.9. The molecule has 3 N–H and O–H groups in total. The molecule has 9 nitrogen and oxygen atoms in total. The zero-order chi connectivity index (χ0) is 18.5. The van der Waals surface area contributed by atoms with E-state index in [1.54, 1.807) is 49.3 Å². The van der Waals surface area contributed by atoms with Crippen molar-refractivity contribution in [2.45, 2.75) is 25.0 Å². The van der Waals surface area contributed by atoms with Gasteiger partial charge in [-0.3, -0.25) is 9.59 Å². The van der Waals surface area contributed by atoms with E-state index in [2.05, 4.69) is 26.3 Å². The Morgan fingerprint density at radius 3 is 3.04 bits per heavy atom. The number of nitrogens with one attached hydrogen (secondary N) is 3. The Kier molecular flexibility index (Phi) is 5.47. The monoisotopic (exact) mass is 358 g/mol. The number of hydrogen-bond acceptors (Lipinski definition) is 6. The third kappa shape index (κ3) is 3.99. The van der Waals surface area contributed by atoms with E-state index in [1.807, 2.05) is 0 Å². The fourth-order valence-electron chi connectivity index (χ4n) is 2.90. The summed E-state index contributed by atoms with van der Waals surface area (Å²) in [6, 6.07) is 6.79. The first-order valence-corrected chi connectivity index (χ1v) is 8.38. The van der Waals surface area contributed by atoms with Crippen molar-refractivity contribution in [2.24, 2.45) is 0 Å².